The molecule has 1 aromatic rings. The van der Waals surface area contributed by atoms with Gasteiger partial charge in [-0.25, -0.2) is 0 Å². The Kier molecular flexibility index (Phi) is 2.35. The first-order chi connectivity index (χ1) is 6.79. The molecule has 14 heavy (non-hydrogen) atoms. The predicted octanol–water partition coefficient (Wildman–Crippen LogP) is 1.76. The zero-order valence-corrected chi connectivity index (χ0v) is 8.16. The Morgan fingerprint density at radius 1 is 1.43 bits per heavy atom. The first-order valence-electron chi connectivity index (χ1n) is 4.77. The molecule has 0 bridgehead atoms. The topological polar surface area (TPSA) is 29.1 Å². The summed E-state index contributed by atoms with van der Waals surface area (Å²) in [6.07, 6.45) is 3.83. The maximum atomic E-state index is 10.8. The van der Waals surface area contributed by atoms with E-state index in [9.17, 15) is 4.79 Å². The van der Waals surface area contributed by atoms with Gasteiger partial charge in [-0.3, -0.25) is 0 Å². The zero-order valence-electron chi connectivity index (χ0n) is 8.16. The largest absolute Gasteiger partial charge is 0.379 e. The average molecular weight is 187 g/mol. The smallest absolute Gasteiger partial charge is 0.142 e. The second-order valence-electron chi connectivity index (χ2n) is 3.62. The number of benzene rings is 1. The molecule has 1 N–H and O–H groups in total. The summed E-state index contributed by atoms with van der Waals surface area (Å²) in [5.74, 6) is 0. The summed E-state index contributed by atoms with van der Waals surface area (Å²) in [5.41, 5.74) is 3.49. The predicted molar refractivity (Wildman–Crippen MR) is 56.8 cm³/mol. The van der Waals surface area contributed by atoms with Crippen LogP contribution in [0.4, 0.5) is 0 Å². The van der Waals surface area contributed by atoms with Gasteiger partial charge in [-0.2, -0.15) is 0 Å². The van der Waals surface area contributed by atoms with Crippen LogP contribution in [0.25, 0.3) is 6.08 Å². The van der Waals surface area contributed by atoms with E-state index in [0.717, 1.165) is 18.4 Å². The fraction of sp³-hybridized carbons (Fsp3) is 0.250. The summed E-state index contributed by atoms with van der Waals surface area (Å²) in [6, 6.07) is 8.09. The van der Waals surface area contributed by atoms with E-state index in [4.69, 9.17) is 0 Å². The molecule has 1 aromatic carbocycles. The number of allylic oxidation sites excluding steroid dienone is 1. The molecule has 1 unspecified atom stereocenters. The summed E-state index contributed by atoms with van der Waals surface area (Å²) in [5, 5.41) is 3.17. The first kappa shape index (κ1) is 9.00. The van der Waals surface area contributed by atoms with Gasteiger partial charge in [0.1, 0.15) is 6.29 Å². The van der Waals surface area contributed by atoms with Gasteiger partial charge in [0.2, 0.25) is 0 Å². The van der Waals surface area contributed by atoms with Crippen molar-refractivity contribution in [2.24, 2.45) is 0 Å². The van der Waals surface area contributed by atoms with Crippen molar-refractivity contribution in [3.05, 3.63) is 41.1 Å². The summed E-state index contributed by atoms with van der Waals surface area (Å²) in [7, 11) is 0. The van der Waals surface area contributed by atoms with Crippen LogP contribution < -0.4 is 5.32 Å². The number of hydrogen-bond donors (Lipinski definition) is 1. The highest BCUT2D eigenvalue weighted by molar-refractivity contribution is 5.65. The number of carbonyl (C=O) groups excluding carboxylic acids is 1. The molecule has 1 aliphatic heterocycles. The molecule has 0 amide bonds. The quantitative estimate of drug-likeness (QED) is 0.679. The Labute approximate surface area is 83.6 Å². The Hall–Kier alpha value is -1.57. The third-order valence-corrected chi connectivity index (χ3v) is 2.44. The standard InChI is InChI=1S/C12H13NO/c1-9-6-10-4-2-3-5-11(10)7-12(8-14)13-9/h2-6,8,12-13H,7H2,1H3. The molecular weight excluding hydrogens is 174 g/mol. The van der Waals surface area contributed by atoms with Crippen LogP contribution in [0, 0.1) is 0 Å². The second kappa shape index (κ2) is 3.66. The second-order valence-corrected chi connectivity index (χ2v) is 3.62. The summed E-state index contributed by atoms with van der Waals surface area (Å²) < 4.78 is 0. The van der Waals surface area contributed by atoms with Crippen molar-refractivity contribution < 1.29 is 4.79 Å². The van der Waals surface area contributed by atoms with Crippen LogP contribution in [-0.4, -0.2) is 12.3 Å². The van der Waals surface area contributed by atoms with Crippen molar-refractivity contribution in [1.82, 2.24) is 5.32 Å². The van der Waals surface area contributed by atoms with Gasteiger partial charge in [-0.1, -0.05) is 24.3 Å². The average Bonchev–Trinajstić information content (AvgIpc) is 2.35. The number of carbonyl (C=O) groups is 1. The highest BCUT2D eigenvalue weighted by Gasteiger charge is 2.13. The molecule has 0 spiro atoms. The maximum absolute atomic E-state index is 10.8. The Balaban J connectivity index is 2.43. The third kappa shape index (κ3) is 1.69. The van der Waals surface area contributed by atoms with Crippen molar-refractivity contribution in [1.29, 1.82) is 0 Å². The van der Waals surface area contributed by atoms with Crippen molar-refractivity contribution in [3.8, 4) is 0 Å². The lowest BCUT2D eigenvalue weighted by molar-refractivity contribution is -0.109. The molecule has 0 fully saturated rings. The SMILES string of the molecule is CC1=Cc2ccccc2CC(C=O)N1. The van der Waals surface area contributed by atoms with Crippen molar-refractivity contribution in [2.45, 2.75) is 19.4 Å². The minimum atomic E-state index is -0.0881. The Morgan fingerprint density at radius 2 is 2.21 bits per heavy atom. The van der Waals surface area contributed by atoms with E-state index in [1.54, 1.807) is 0 Å². The fourth-order valence-electron chi connectivity index (χ4n) is 1.80. The molecule has 2 nitrogen and oxygen atoms in total. The van der Waals surface area contributed by atoms with E-state index in [0.29, 0.717) is 0 Å². The van der Waals surface area contributed by atoms with Crippen molar-refractivity contribution in [2.75, 3.05) is 0 Å². The lowest BCUT2D eigenvalue weighted by Crippen LogP contribution is -2.29. The molecule has 0 saturated heterocycles. The molecule has 1 aliphatic rings. The van der Waals surface area contributed by atoms with Gasteiger partial charge >= 0.3 is 0 Å². The van der Waals surface area contributed by atoms with Crippen LogP contribution in [0.1, 0.15) is 18.1 Å². The van der Waals surface area contributed by atoms with Gasteiger partial charge < -0.3 is 10.1 Å². The van der Waals surface area contributed by atoms with Crippen molar-refractivity contribution in [3.63, 3.8) is 0 Å². The van der Waals surface area contributed by atoms with E-state index in [-0.39, 0.29) is 6.04 Å². The minimum Gasteiger partial charge on any atom is -0.379 e. The first-order valence-corrected chi connectivity index (χ1v) is 4.77. The normalized spacial score (nSPS) is 20.1. The highest BCUT2D eigenvalue weighted by Crippen LogP contribution is 2.17. The highest BCUT2D eigenvalue weighted by atomic mass is 16.1. The van der Waals surface area contributed by atoms with E-state index in [2.05, 4.69) is 23.5 Å². The molecule has 1 heterocycles. The monoisotopic (exact) mass is 187 g/mol. The van der Waals surface area contributed by atoms with Gasteiger partial charge in [-0.15, -0.1) is 0 Å². The maximum Gasteiger partial charge on any atom is 0.142 e. The third-order valence-electron chi connectivity index (χ3n) is 2.44. The lowest BCUT2D eigenvalue weighted by atomic mass is 10.0. The lowest BCUT2D eigenvalue weighted by Gasteiger charge is -2.10. The van der Waals surface area contributed by atoms with Crippen LogP contribution in [0.3, 0.4) is 0 Å². The zero-order chi connectivity index (χ0) is 9.97. The fourth-order valence-corrected chi connectivity index (χ4v) is 1.80. The van der Waals surface area contributed by atoms with Crippen molar-refractivity contribution >= 4 is 12.4 Å². The summed E-state index contributed by atoms with van der Waals surface area (Å²) in [4.78, 5) is 10.8. The summed E-state index contributed by atoms with van der Waals surface area (Å²) in [6.45, 7) is 1.98. The molecule has 2 heteroatoms. The molecule has 0 aliphatic carbocycles. The number of nitrogens with one attached hydrogen (secondary N) is 1. The number of hydrogen-bond acceptors (Lipinski definition) is 2. The Morgan fingerprint density at radius 3 is 3.00 bits per heavy atom. The number of fused-ring (bicyclic) bond motifs is 1. The van der Waals surface area contributed by atoms with Gasteiger partial charge in [0, 0.05) is 5.70 Å². The van der Waals surface area contributed by atoms with E-state index in [1.165, 1.54) is 11.1 Å². The molecule has 1 atom stereocenters. The molecule has 0 saturated carbocycles. The molecule has 72 valence electrons. The minimum absolute atomic E-state index is 0.0881. The van der Waals surface area contributed by atoms with Crippen LogP contribution in [0.2, 0.25) is 0 Å². The van der Waals surface area contributed by atoms with E-state index < -0.39 is 0 Å². The molecular formula is C12H13NO. The van der Waals surface area contributed by atoms with Gasteiger partial charge in [0.15, 0.2) is 0 Å². The number of rotatable bonds is 1. The molecule has 2 rings (SSSR count). The summed E-state index contributed by atoms with van der Waals surface area (Å²) >= 11 is 0. The van der Waals surface area contributed by atoms with Gasteiger partial charge in [0.05, 0.1) is 6.04 Å². The molecule has 0 radical (unpaired) electrons. The van der Waals surface area contributed by atoms with Crippen LogP contribution in [0.15, 0.2) is 30.0 Å². The molecule has 0 aromatic heterocycles. The van der Waals surface area contributed by atoms with E-state index in [1.807, 2.05) is 19.1 Å². The van der Waals surface area contributed by atoms with Gasteiger partial charge in [0.25, 0.3) is 0 Å². The Bertz CT molecular complexity index is 382. The van der Waals surface area contributed by atoms with Gasteiger partial charge in [-0.05, 0) is 30.5 Å². The van der Waals surface area contributed by atoms with Crippen LogP contribution in [0.5, 0.6) is 0 Å². The van der Waals surface area contributed by atoms with Crippen LogP contribution >= 0.6 is 0 Å². The number of aldehydes is 1. The van der Waals surface area contributed by atoms with E-state index >= 15 is 0 Å². The van der Waals surface area contributed by atoms with Crippen LogP contribution in [-0.2, 0) is 11.2 Å².